The summed E-state index contributed by atoms with van der Waals surface area (Å²) in [5.74, 6) is -0.389. The fourth-order valence-corrected chi connectivity index (χ4v) is 6.06. The third-order valence-electron chi connectivity index (χ3n) is 6.45. The molecule has 2 fully saturated rings. The van der Waals surface area contributed by atoms with Crippen molar-refractivity contribution in [3.8, 4) is 5.75 Å². The molecular formula is C24H33N4O9P. The van der Waals surface area contributed by atoms with Crippen LogP contribution in [0.5, 0.6) is 5.75 Å². The first-order valence-electron chi connectivity index (χ1n) is 12.3. The van der Waals surface area contributed by atoms with Crippen molar-refractivity contribution in [1.82, 2.24) is 14.2 Å². The Morgan fingerprint density at radius 3 is 2.68 bits per heavy atom. The van der Waals surface area contributed by atoms with Gasteiger partial charge in [0.05, 0.1) is 12.5 Å². The molecule has 3 heterocycles. The fourth-order valence-electron chi connectivity index (χ4n) is 4.26. The number of benzene rings is 1. The number of esters is 1. The van der Waals surface area contributed by atoms with Gasteiger partial charge in [0, 0.05) is 19.3 Å². The Hall–Kier alpha value is -2.80. The zero-order valence-corrected chi connectivity index (χ0v) is 22.3. The molecule has 0 amide bonds. The maximum Gasteiger partial charge on any atom is 0.461 e. The van der Waals surface area contributed by atoms with E-state index in [2.05, 4.69) is 4.98 Å². The molecule has 0 bridgehead atoms. The second kappa shape index (κ2) is 11.1. The van der Waals surface area contributed by atoms with Crippen LogP contribution in [0.15, 0.2) is 47.4 Å². The number of aromatic nitrogens is 2. The molecule has 0 saturated carbocycles. The molecule has 0 radical (unpaired) electrons. The number of nitrogen functional groups attached to an aromatic ring is 1. The van der Waals surface area contributed by atoms with E-state index in [0.29, 0.717) is 6.42 Å². The van der Waals surface area contributed by atoms with E-state index in [1.165, 1.54) is 23.9 Å². The summed E-state index contributed by atoms with van der Waals surface area (Å²) in [5.41, 5.74) is 2.85. The molecule has 1 aromatic carbocycles. The third-order valence-corrected chi connectivity index (χ3v) is 8.42. The van der Waals surface area contributed by atoms with Crippen molar-refractivity contribution in [2.45, 2.75) is 57.3 Å². The van der Waals surface area contributed by atoms with Crippen molar-refractivity contribution in [1.29, 1.82) is 0 Å². The highest BCUT2D eigenvalue weighted by atomic mass is 31.2. The molecule has 1 unspecified atom stereocenters. The highest BCUT2D eigenvalue weighted by Crippen LogP contribution is 2.54. The molecule has 208 valence electrons. The van der Waals surface area contributed by atoms with Crippen LogP contribution in [0.1, 0.15) is 33.4 Å². The molecule has 2 aliphatic heterocycles. The van der Waals surface area contributed by atoms with Crippen LogP contribution in [-0.4, -0.2) is 74.0 Å². The first kappa shape index (κ1) is 28.2. The minimum atomic E-state index is -4.05. The van der Waals surface area contributed by atoms with Gasteiger partial charge in [-0.05, 0) is 31.5 Å². The zero-order chi connectivity index (χ0) is 27.7. The summed E-state index contributed by atoms with van der Waals surface area (Å²) in [6.07, 6.45) is -2.77. The number of hydrogen-bond donors (Lipinski definition) is 3. The largest absolute Gasteiger partial charge is 0.461 e. The number of nitrogens with two attached hydrogens (primary N) is 1. The van der Waals surface area contributed by atoms with Gasteiger partial charge in [0.15, 0.2) is 6.23 Å². The highest BCUT2D eigenvalue weighted by Gasteiger charge is 2.54. The summed E-state index contributed by atoms with van der Waals surface area (Å²) < 4.78 is 39.5. The summed E-state index contributed by atoms with van der Waals surface area (Å²) in [6.45, 7) is 4.70. The summed E-state index contributed by atoms with van der Waals surface area (Å²) in [5, 5.41) is 21.8. The van der Waals surface area contributed by atoms with Gasteiger partial charge < -0.3 is 29.9 Å². The van der Waals surface area contributed by atoms with Crippen molar-refractivity contribution < 1.29 is 38.1 Å². The van der Waals surface area contributed by atoms with Gasteiger partial charge in [-0.1, -0.05) is 32.0 Å². The third kappa shape index (κ3) is 5.93. The molecule has 2 aliphatic rings. The lowest BCUT2D eigenvalue weighted by atomic mass is 9.96. The molecule has 1 aromatic heterocycles. The van der Waals surface area contributed by atoms with Crippen LogP contribution < -0.4 is 15.9 Å². The van der Waals surface area contributed by atoms with Crippen molar-refractivity contribution in [2.24, 2.45) is 5.92 Å². The van der Waals surface area contributed by atoms with Crippen molar-refractivity contribution in [3.63, 3.8) is 0 Å². The number of anilines is 1. The van der Waals surface area contributed by atoms with Crippen LogP contribution in [0.25, 0.3) is 0 Å². The van der Waals surface area contributed by atoms with E-state index < -0.39 is 50.2 Å². The summed E-state index contributed by atoms with van der Waals surface area (Å²) in [6, 6.07) is 9.78. The molecule has 13 nitrogen and oxygen atoms in total. The second-order valence-corrected chi connectivity index (χ2v) is 11.8. The lowest BCUT2D eigenvalue weighted by Gasteiger charge is -2.28. The molecule has 2 aromatic rings. The van der Waals surface area contributed by atoms with Gasteiger partial charge in [0.1, 0.15) is 35.5 Å². The Labute approximate surface area is 219 Å². The monoisotopic (exact) mass is 552 g/mol. The van der Waals surface area contributed by atoms with Gasteiger partial charge in [-0.2, -0.15) is 9.65 Å². The zero-order valence-electron chi connectivity index (χ0n) is 21.4. The maximum absolute atomic E-state index is 14.1. The summed E-state index contributed by atoms with van der Waals surface area (Å²) in [4.78, 5) is 28.0. The average molecular weight is 553 g/mol. The molecule has 2 saturated heterocycles. The van der Waals surface area contributed by atoms with Crippen molar-refractivity contribution in [3.05, 3.63) is 53.1 Å². The van der Waals surface area contributed by atoms with Crippen molar-refractivity contribution in [2.75, 3.05) is 25.4 Å². The number of carbonyl (C=O) groups is 1. The number of hydrogen-bond acceptors (Lipinski definition) is 11. The standard InChI is InChI=1S/C24H33N4O9P/c1-15(2)21(30)35-17-9-11-27(13-17)38(33,37-16-7-5-4-6-8-16)34-14-18-20(29)24(3,32)22(36-18)28-12-10-19(25)26-23(28)31/h4-8,10,12,15,17-18,20,22,29,32H,9,11,13-14H2,1-3H3,(H2,25,26,31)/t17-,18+,20+,22+,24+,38?/m0/s1. The number of nitrogens with zero attached hydrogens (tertiary/aromatic N) is 3. The normalized spacial score (nSPS) is 29.3. The average Bonchev–Trinajstić information content (AvgIpc) is 3.42. The topological polar surface area (TPSA) is 176 Å². The van der Waals surface area contributed by atoms with Crippen LogP contribution in [-0.2, 0) is 23.4 Å². The second-order valence-electron chi connectivity index (χ2n) is 9.82. The Balaban J connectivity index is 1.52. The minimum Gasteiger partial charge on any atom is -0.461 e. The van der Waals surface area contributed by atoms with E-state index in [1.54, 1.807) is 44.2 Å². The molecule has 6 atom stereocenters. The molecule has 0 spiro atoms. The number of ether oxygens (including phenoxy) is 2. The maximum atomic E-state index is 14.1. The molecule has 0 aliphatic carbocycles. The Morgan fingerprint density at radius 1 is 1.32 bits per heavy atom. The van der Waals surface area contributed by atoms with Crippen LogP contribution >= 0.6 is 7.75 Å². The van der Waals surface area contributed by atoms with Gasteiger partial charge in [0.2, 0.25) is 0 Å². The number of aliphatic hydroxyl groups excluding tert-OH is 1. The summed E-state index contributed by atoms with van der Waals surface area (Å²) >= 11 is 0. The lowest BCUT2D eigenvalue weighted by molar-refractivity contribution is -0.152. The van der Waals surface area contributed by atoms with Crippen LogP contribution in [0.3, 0.4) is 0 Å². The highest BCUT2D eigenvalue weighted by molar-refractivity contribution is 7.51. The Morgan fingerprint density at radius 2 is 2.03 bits per heavy atom. The van der Waals surface area contributed by atoms with Crippen LogP contribution in [0, 0.1) is 5.92 Å². The van der Waals surface area contributed by atoms with E-state index in [1.807, 2.05) is 0 Å². The van der Waals surface area contributed by atoms with Gasteiger partial charge >= 0.3 is 19.4 Å². The van der Waals surface area contributed by atoms with E-state index in [0.717, 1.165) is 4.57 Å². The van der Waals surface area contributed by atoms with E-state index in [-0.39, 0.29) is 36.5 Å². The van der Waals surface area contributed by atoms with E-state index in [4.69, 9.17) is 24.3 Å². The smallest absolute Gasteiger partial charge is 0.461 e. The molecular weight excluding hydrogens is 519 g/mol. The first-order valence-corrected chi connectivity index (χ1v) is 13.8. The predicted octanol–water partition coefficient (Wildman–Crippen LogP) is 1.31. The van der Waals surface area contributed by atoms with Gasteiger partial charge in [-0.3, -0.25) is 13.9 Å². The van der Waals surface area contributed by atoms with Crippen molar-refractivity contribution >= 4 is 19.5 Å². The number of aliphatic hydroxyl groups is 2. The number of rotatable bonds is 9. The Kier molecular flexibility index (Phi) is 8.26. The van der Waals surface area contributed by atoms with Gasteiger partial charge in [-0.25, -0.2) is 9.36 Å². The van der Waals surface area contributed by atoms with Crippen LogP contribution in [0.2, 0.25) is 0 Å². The summed E-state index contributed by atoms with van der Waals surface area (Å²) in [7, 11) is -4.05. The number of para-hydroxylation sites is 1. The fraction of sp³-hybridized carbons (Fsp3) is 0.542. The molecule has 38 heavy (non-hydrogen) atoms. The first-order chi connectivity index (χ1) is 17.9. The van der Waals surface area contributed by atoms with E-state index >= 15 is 0 Å². The Bertz CT molecular complexity index is 1240. The quantitative estimate of drug-likeness (QED) is 0.301. The number of carbonyl (C=O) groups excluding carboxylic acids is 1. The van der Waals surface area contributed by atoms with Gasteiger partial charge in [0.25, 0.3) is 0 Å². The minimum absolute atomic E-state index is 0.00804. The predicted molar refractivity (Wildman–Crippen MR) is 135 cm³/mol. The molecule has 14 heteroatoms. The van der Waals surface area contributed by atoms with Gasteiger partial charge in [-0.15, -0.1) is 0 Å². The lowest BCUT2D eigenvalue weighted by Crippen LogP contribution is -2.46. The molecule has 4 N–H and O–H groups in total. The van der Waals surface area contributed by atoms with Crippen LogP contribution in [0.4, 0.5) is 5.82 Å². The van der Waals surface area contributed by atoms with E-state index in [9.17, 15) is 24.4 Å². The molecule has 4 rings (SSSR count). The SMILES string of the molecule is CC(C)C(=O)O[C@H]1CCN(P(=O)(OC[C@H]2O[C@@H](n3ccc(N)nc3=O)[C@](C)(O)[C@@H]2O)Oc2ccccc2)C1.